The molecule has 294 valence electrons. The zero-order valence-corrected chi connectivity index (χ0v) is 33.9. The van der Waals surface area contributed by atoms with Crippen LogP contribution in [0.5, 0.6) is 0 Å². The van der Waals surface area contributed by atoms with Crippen LogP contribution in [0, 0.1) is 0 Å². The summed E-state index contributed by atoms with van der Waals surface area (Å²) in [6.07, 6.45) is -4.24. The lowest BCUT2D eigenvalue weighted by atomic mass is 9.79. The molecular formula is C50H39Cl3N2O4. The van der Waals surface area contributed by atoms with Crippen molar-refractivity contribution < 1.29 is 19.3 Å². The zero-order chi connectivity index (χ0) is 40.4. The zero-order valence-electron chi connectivity index (χ0n) is 31.7. The van der Waals surface area contributed by atoms with Crippen molar-refractivity contribution in [1.29, 1.82) is 0 Å². The van der Waals surface area contributed by atoms with Gasteiger partial charge in [-0.15, -0.1) is 0 Å². The van der Waals surface area contributed by atoms with Gasteiger partial charge in [0.2, 0.25) is 5.28 Å². The van der Waals surface area contributed by atoms with E-state index < -0.39 is 35.6 Å². The van der Waals surface area contributed by atoms with Crippen molar-refractivity contribution in [2.24, 2.45) is 0 Å². The maximum Gasteiger partial charge on any atom is 0.201 e. The highest BCUT2D eigenvalue weighted by molar-refractivity contribution is 6.43. The first kappa shape index (κ1) is 39.2. The molecule has 1 aliphatic rings. The van der Waals surface area contributed by atoms with Gasteiger partial charge in [0.25, 0.3) is 0 Å². The smallest absolute Gasteiger partial charge is 0.201 e. The molecule has 6 nitrogen and oxygen atoms in total. The Morgan fingerprint density at radius 1 is 0.576 bits per heavy atom. The number of aliphatic hydroxyl groups is 1. The van der Waals surface area contributed by atoms with Crippen LogP contribution in [0.2, 0.25) is 15.3 Å². The number of fused-ring (bicyclic) bond motifs is 1. The summed E-state index contributed by atoms with van der Waals surface area (Å²) >= 11 is 20.5. The summed E-state index contributed by atoms with van der Waals surface area (Å²) in [5, 5.41) is 13.5. The van der Waals surface area contributed by atoms with E-state index in [4.69, 9.17) is 49.0 Å². The van der Waals surface area contributed by atoms with E-state index in [1.54, 1.807) is 6.07 Å². The van der Waals surface area contributed by atoms with Gasteiger partial charge >= 0.3 is 0 Å². The second kappa shape index (κ2) is 16.8. The number of aliphatic hydroxyl groups excluding tert-OH is 1. The van der Waals surface area contributed by atoms with Crippen LogP contribution in [0.3, 0.4) is 0 Å². The molecular weight excluding hydrogens is 799 g/mol. The van der Waals surface area contributed by atoms with Gasteiger partial charge in [0.15, 0.2) is 0 Å². The molecule has 0 saturated carbocycles. The Balaban J connectivity index is 1.22. The van der Waals surface area contributed by atoms with Gasteiger partial charge in [0, 0.05) is 5.56 Å². The van der Waals surface area contributed by atoms with Crippen LogP contribution in [-0.2, 0) is 25.4 Å². The van der Waals surface area contributed by atoms with Crippen LogP contribution in [0.1, 0.15) is 45.0 Å². The van der Waals surface area contributed by atoms with Crippen LogP contribution in [0.25, 0.3) is 11.0 Å². The molecule has 0 unspecified atom stereocenters. The molecule has 1 aromatic heterocycles. The Labute approximate surface area is 357 Å². The van der Waals surface area contributed by atoms with Crippen molar-refractivity contribution in [2.75, 3.05) is 6.61 Å². The van der Waals surface area contributed by atoms with Crippen LogP contribution in [0.15, 0.2) is 188 Å². The molecule has 0 radical (unpaired) electrons. The average Bonchev–Trinajstić information content (AvgIpc) is 3.81. The fourth-order valence-electron chi connectivity index (χ4n) is 8.49. The molecule has 4 atom stereocenters. The Morgan fingerprint density at radius 3 is 1.37 bits per heavy atom. The van der Waals surface area contributed by atoms with Crippen molar-refractivity contribution in [1.82, 2.24) is 9.97 Å². The van der Waals surface area contributed by atoms with Crippen molar-refractivity contribution >= 4 is 45.8 Å². The highest BCUT2D eigenvalue weighted by Gasteiger charge is 2.53. The fraction of sp³-hybridized carbons (Fsp3) is 0.140. The number of nitrogens with one attached hydrogen (secondary N) is 1. The summed E-state index contributed by atoms with van der Waals surface area (Å²) in [7, 11) is 0. The molecule has 59 heavy (non-hydrogen) atoms. The van der Waals surface area contributed by atoms with E-state index >= 15 is 0 Å². The van der Waals surface area contributed by atoms with Gasteiger partial charge in [-0.1, -0.05) is 205 Å². The molecule has 0 aliphatic carbocycles. The maximum atomic E-state index is 12.9. The summed E-state index contributed by atoms with van der Waals surface area (Å²) in [5.74, 6) is 0. The normalized spacial score (nSPS) is 18.3. The monoisotopic (exact) mass is 836 g/mol. The molecule has 2 heterocycles. The van der Waals surface area contributed by atoms with Crippen LogP contribution >= 0.6 is 34.8 Å². The molecule has 1 aliphatic heterocycles. The van der Waals surface area contributed by atoms with Gasteiger partial charge in [-0.3, -0.25) is 0 Å². The van der Waals surface area contributed by atoms with Crippen molar-refractivity contribution in [3.8, 4) is 0 Å². The highest BCUT2D eigenvalue weighted by atomic mass is 35.5. The van der Waals surface area contributed by atoms with Gasteiger partial charge in [-0.2, -0.15) is 0 Å². The van der Waals surface area contributed by atoms with Crippen LogP contribution < -0.4 is 0 Å². The molecule has 9 rings (SSSR count). The van der Waals surface area contributed by atoms with Gasteiger partial charge in [0.05, 0.1) is 27.7 Å². The predicted molar refractivity (Wildman–Crippen MR) is 234 cm³/mol. The number of halogens is 3. The van der Waals surface area contributed by atoms with Crippen LogP contribution in [0.4, 0.5) is 0 Å². The lowest BCUT2D eigenvalue weighted by molar-refractivity contribution is -0.105. The maximum absolute atomic E-state index is 12.9. The lowest BCUT2D eigenvalue weighted by Gasteiger charge is -2.40. The number of hydrogen-bond acceptors (Lipinski definition) is 5. The van der Waals surface area contributed by atoms with Crippen LogP contribution in [-0.4, -0.2) is 40.0 Å². The number of nitrogens with zero attached hydrogens (tertiary/aromatic N) is 1. The SMILES string of the molecule is O[C@H]1[C@@H](OC(c2ccccc2)(c2ccccc2)c2ccccc2)[C@H](c2c(Cl)c(Cl)cc3[nH]c(Cl)nc23)O[C@@H]1COC(c1ccccc1)(c1ccccc1)c1ccccc1. The number of benzene rings is 7. The number of hydrogen-bond donors (Lipinski definition) is 2. The van der Waals surface area contributed by atoms with E-state index in [9.17, 15) is 5.11 Å². The summed E-state index contributed by atoms with van der Waals surface area (Å²) in [5.41, 5.74) is 4.43. The summed E-state index contributed by atoms with van der Waals surface area (Å²) in [6.45, 7) is -0.0477. The van der Waals surface area contributed by atoms with E-state index in [0.717, 1.165) is 33.4 Å². The fourth-order valence-corrected chi connectivity index (χ4v) is 9.14. The van der Waals surface area contributed by atoms with Gasteiger partial charge < -0.3 is 24.3 Å². The van der Waals surface area contributed by atoms with E-state index in [1.807, 2.05) is 146 Å². The molecule has 9 heteroatoms. The number of aromatic nitrogens is 2. The molecule has 8 aromatic rings. The number of ether oxygens (including phenoxy) is 3. The third-order valence-electron chi connectivity index (χ3n) is 11.2. The third kappa shape index (κ3) is 7.15. The average molecular weight is 838 g/mol. The number of H-pyrrole nitrogens is 1. The quantitative estimate of drug-likeness (QED) is 0.120. The first-order chi connectivity index (χ1) is 28.9. The number of rotatable bonds is 12. The first-order valence-corrected chi connectivity index (χ1v) is 20.5. The number of aromatic amines is 1. The Kier molecular flexibility index (Phi) is 11.1. The second-order valence-electron chi connectivity index (χ2n) is 14.5. The predicted octanol–water partition coefficient (Wildman–Crippen LogP) is 11.7. The topological polar surface area (TPSA) is 76.6 Å². The minimum Gasteiger partial charge on any atom is -0.387 e. The second-order valence-corrected chi connectivity index (χ2v) is 15.7. The van der Waals surface area contributed by atoms with Gasteiger partial charge in [-0.05, 0) is 51.0 Å². The third-order valence-corrected chi connectivity index (χ3v) is 12.1. The summed E-state index contributed by atoms with van der Waals surface area (Å²) in [6, 6.07) is 61.9. The Hall–Kier alpha value is -5.28. The number of imidazole rings is 1. The molecule has 0 amide bonds. The van der Waals surface area contributed by atoms with E-state index in [0.29, 0.717) is 16.6 Å². The molecule has 1 fully saturated rings. The Bertz CT molecular complexity index is 2440. The minimum absolute atomic E-state index is 0.0477. The van der Waals surface area contributed by atoms with Crippen molar-refractivity contribution in [3.63, 3.8) is 0 Å². The minimum atomic E-state index is -1.25. The van der Waals surface area contributed by atoms with E-state index in [-0.39, 0.29) is 21.9 Å². The highest BCUT2D eigenvalue weighted by Crippen LogP contribution is 2.50. The van der Waals surface area contributed by atoms with Gasteiger partial charge in [0.1, 0.15) is 35.6 Å². The summed E-state index contributed by atoms with van der Waals surface area (Å²) in [4.78, 5) is 7.72. The van der Waals surface area contributed by atoms with Crippen molar-refractivity contribution in [2.45, 2.75) is 35.6 Å². The molecule has 1 saturated heterocycles. The summed E-state index contributed by atoms with van der Waals surface area (Å²) < 4.78 is 21.9. The van der Waals surface area contributed by atoms with E-state index in [1.165, 1.54) is 0 Å². The molecule has 0 bridgehead atoms. The van der Waals surface area contributed by atoms with E-state index in [2.05, 4.69) is 46.4 Å². The standard InChI is InChI=1S/C50H39Cl3N2O4/c51-39-31-40-44(55-48(53)54-40)42(43(39)52)46-47(59-50(36-25-13-4-14-26-36,37-27-15-5-16-28-37)38-29-17-6-18-30-38)45(56)41(58-46)32-57-49(33-19-7-1-8-20-33,34-21-9-2-10-22-34)35-23-11-3-12-24-35/h1-31,41,45-47,56H,32H2,(H,54,55)/t41-,45-,46+,47-/m1/s1. The Morgan fingerprint density at radius 2 is 0.966 bits per heavy atom. The largest absolute Gasteiger partial charge is 0.387 e. The van der Waals surface area contributed by atoms with Gasteiger partial charge in [-0.25, -0.2) is 4.98 Å². The molecule has 2 N–H and O–H groups in total. The molecule has 0 spiro atoms. The van der Waals surface area contributed by atoms with Crippen molar-refractivity contribution in [3.05, 3.63) is 242 Å². The lowest BCUT2D eigenvalue weighted by Crippen LogP contribution is -2.44. The molecule has 7 aromatic carbocycles. The first-order valence-electron chi connectivity index (χ1n) is 19.4.